The van der Waals surface area contributed by atoms with Crippen molar-refractivity contribution in [1.29, 1.82) is 0 Å². The Morgan fingerprint density at radius 2 is 0.867 bits per heavy atom. The predicted molar refractivity (Wildman–Crippen MR) is 189 cm³/mol. The first-order valence-electron chi connectivity index (χ1n) is 15.8. The van der Waals surface area contributed by atoms with Crippen molar-refractivity contribution >= 4 is 60.6 Å². The minimum atomic E-state index is 1.08. The van der Waals surface area contributed by atoms with Crippen molar-refractivity contribution in [2.75, 3.05) is 0 Å². The van der Waals surface area contributed by atoms with Gasteiger partial charge in [-0.05, 0) is 85.1 Å². The maximum Gasteiger partial charge on any atom is 0.0542 e. The van der Waals surface area contributed by atoms with Crippen LogP contribution >= 0.6 is 0 Å². The molecular weight excluding hydrogens is 546 g/mol. The highest BCUT2D eigenvalue weighted by Crippen LogP contribution is 2.38. The molecule has 10 rings (SSSR count). The fourth-order valence-electron chi connectivity index (χ4n) is 7.82. The van der Waals surface area contributed by atoms with Gasteiger partial charge in [-0.1, -0.05) is 84.9 Å². The summed E-state index contributed by atoms with van der Waals surface area (Å²) in [4.78, 5) is 0. The van der Waals surface area contributed by atoms with E-state index in [1.165, 1.54) is 77.1 Å². The molecule has 0 radical (unpaired) electrons. The van der Waals surface area contributed by atoms with Crippen LogP contribution in [0.2, 0.25) is 0 Å². The zero-order valence-electron chi connectivity index (χ0n) is 24.7. The number of aryl methyl sites for hydroxylation is 1. The van der Waals surface area contributed by atoms with Gasteiger partial charge in [0.15, 0.2) is 0 Å². The summed E-state index contributed by atoms with van der Waals surface area (Å²) in [6, 6.07) is 51.1. The van der Waals surface area contributed by atoms with Crippen LogP contribution in [0.1, 0.15) is 17.7 Å². The summed E-state index contributed by atoms with van der Waals surface area (Å²) in [5.74, 6) is 0. The molecule has 1 aliphatic rings. The van der Waals surface area contributed by atoms with Gasteiger partial charge in [0.1, 0.15) is 0 Å². The highest BCUT2D eigenvalue weighted by atomic mass is 15.0. The molecule has 0 spiro atoms. The Bertz CT molecular complexity index is 2600. The molecule has 0 saturated carbocycles. The molecule has 3 nitrogen and oxygen atoms in total. The van der Waals surface area contributed by atoms with Gasteiger partial charge in [0.05, 0.1) is 27.6 Å². The number of hydrogen-bond donors (Lipinski definition) is 0. The quantitative estimate of drug-likeness (QED) is 0.199. The van der Waals surface area contributed by atoms with Gasteiger partial charge in [-0.15, -0.1) is 0 Å². The largest absolute Gasteiger partial charge is 0.310 e. The van der Waals surface area contributed by atoms with E-state index in [9.17, 15) is 0 Å². The van der Waals surface area contributed by atoms with E-state index in [0.717, 1.165) is 18.5 Å². The Morgan fingerprint density at radius 1 is 0.378 bits per heavy atom. The summed E-state index contributed by atoms with van der Waals surface area (Å²) >= 11 is 0. The molecule has 0 atom stereocenters. The number of para-hydroxylation sites is 4. The third kappa shape index (κ3) is 3.46. The van der Waals surface area contributed by atoms with Crippen molar-refractivity contribution in [3.63, 3.8) is 0 Å². The number of nitrogens with zero attached hydrogens (tertiary/aromatic N) is 3. The summed E-state index contributed by atoms with van der Waals surface area (Å²) in [7, 11) is 0. The second-order valence-electron chi connectivity index (χ2n) is 12.1. The number of allylic oxidation sites excluding steroid dienone is 1. The standard InChI is InChI=1S/C42H29N3/c1-6-19-37-31(14-1)32-15-2-7-20-38(32)43(37)28-12-11-13-29(26-28)44-41-23-10-5-18-35(41)36-27-30(24-25-42(36)44)45-39-21-8-3-16-33(39)34-17-4-9-22-40(34)45/h1,3-14,16-27H,2,15H2. The molecule has 6 aromatic carbocycles. The summed E-state index contributed by atoms with van der Waals surface area (Å²) < 4.78 is 7.28. The van der Waals surface area contributed by atoms with Crippen molar-refractivity contribution in [2.24, 2.45) is 0 Å². The minimum absolute atomic E-state index is 1.08. The Balaban J connectivity index is 1.21. The summed E-state index contributed by atoms with van der Waals surface area (Å²) in [5.41, 5.74) is 12.4. The minimum Gasteiger partial charge on any atom is -0.310 e. The van der Waals surface area contributed by atoms with Crippen LogP contribution in [0, 0.1) is 0 Å². The molecular formula is C42H29N3. The van der Waals surface area contributed by atoms with Crippen molar-refractivity contribution in [3.05, 3.63) is 157 Å². The first-order valence-corrected chi connectivity index (χ1v) is 15.8. The van der Waals surface area contributed by atoms with Gasteiger partial charge in [0.25, 0.3) is 0 Å². The molecule has 3 aromatic heterocycles. The lowest BCUT2D eigenvalue weighted by molar-refractivity contribution is 0.966. The van der Waals surface area contributed by atoms with Crippen LogP contribution in [0.15, 0.2) is 146 Å². The summed E-state index contributed by atoms with van der Waals surface area (Å²) in [5, 5.41) is 6.43. The Kier molecular flexibility index (Phi) is 5.11. The smallest absolute Gasteiger partial charge is 0.0542 e. The molecule has 3 heteroatoms. The second-order valence-corrected chi connectivity index (χ2v) is 12.1. The third-order valence-electron chi connectivity index (χ3n) is 9.70. The van der Waals surface area contributed by atoms with Gasteiger partial charge < -0.3 is 13.7 Å². The van der Waals surface area contributed by atoms with Gasteiger partial charge in [0.2, 0.25) is 0 Å². The fraction of sp³-hybridized carbons (Fsp3) is 0.0476. The van der Waals surface area contributed by atoms with Crippen LogP contribution in [0.25, 0.3) is 77.7 Å². The van der Waals surface area contributed by atoms with Crippen molar-refractivity contribution in [1.82, 2.24) is 13.7 Å². The van der Waals surface area contributed by atoms with E-state index in [1.54, 1.807) is 0 Å². The molecule has 0 aliphatic heterocycles. The van der Waals surface area contributed by atoms with Crippen LogP contribution < -0.4 is 0 Å². The van der Waals surface area contributed by atoms with Crippen molar-refractivity contribution in [3.8, 4) is 17.1 Å². The molecule has 3 heterocycles. The van der Waals surface area contributed by atoms with Crippen molar-refractivity contribution in [2.45, 2.75) is 12.8 Å². The Morgan fingerprint density at radius 3 is 1.51 bits per heavy atom. The van der Waals surface area contributed by atoms with E-state index in [0.29, 0.717) is 0 Å². The number of fused-ring (bicyclic) bond motifs is 9. The summed E-state index contributed by atoms with van der Waals surface area (Å²) in [6.07, 6.45) is 6.80. The lowest BCUT2D eigenvalue weighted by Gasteiger charge is -2.15. The molecule has 0 saturated heterocycles. The molecule has 0 N–H and O–H groups in total. The predicted octanol–water partition coefficient (Wildman–Crippen LogP) is 10.8. The second kappa shape index (κ2) is 9.35. The molecule has 212 valence electrons. The topological polar surface area (TPSA) is 14.8 Å². The van der Waals surface area contributed by atoms with Gasteiger partial charge in [0, 0.05) is 49.7 Å². The monoisotopic (exact) mass is 575 g/mol. The summed E-state index contributed by atoms with van der Waals surface area (Å²) in [6.45, 7) is 0. The molecule has 0 amide bonds. The van der Waals surface area contributed by atoms with E-state index in [1.807, 2.05) is 0 Å². The lowest BCUT2D eigenvalue weighted by Crippen LogP contribution is -2.02. The van der Waals surface area contributed by atoms with Gasteiger partial charge in [-0.25, -0.2) is 0 Å². The van der Waals surface area contributed by atoms with E-state index in [-0.39, 0.29) is 0 Å². The maximum absolute atomic E-state index is 2.44. The molecule has 45 heavy (non-hydrogen) atoms. The maximum atomic E-state index is 2.44. The molecule has 0 fully saturated rings. The number of aromatic nitrogens is 3. The SMILES string of the molecule is C1=Cc2c(c3ccccc3n2-c2cccc(-n3c4ccccc4c4cc(-n5c6ccccc6c6ccccc65)ccc43)c2)CC1. The molecule has 0 unspecified atom stereocenters. The van der Waals surface area contributed by atoms with Gasteiger partial charge >= 0.3 is 0 Å². The normalized spacial score (nSPS) is 13.1. The highest BCUT2D eigenvalue weighted by molar-refractivity contribution is 6.12. The van der Waals surface area contributed by atoms with Gasteiger partial charge in [-0.3, -0.25) is 0 Å². The number of hydrogen-bond acceptors (Lipinski definition) is 0. The highest BCUT2D eigenvalue weighted by Gasteiger charge is 2.20. The number of benzene rings is 6. The van der Waals surface area contributed by atoms with E-state index in [4.69, 9.17) is 0 Å². The Labute approximate surface area is 260 Å². The zero-order valence-corrected chi connectivity index (χ0v) is 24.7. The van der Waals surface area contributed by atoms with Crippen LogP contribution in [-0.4, -0.2) is 13.7 Å². The fourth-order valence-corrected chi connectivity index (χ4v) is 7.82. The first-order chi connectivity index (χ1) is 22.3. The molecule has 1 aliphatic carbocycles. The van der Waals surface area contributed by atoms with Gasteiger partial charge in [-0.2, -0.15) is 0 Å². The van der Waals surface area contributed by atoms with Crippen LogP contribution in [0.5, 0.6) is 0 Å². The lowest BCUT2D eigenvalue weighted by atomic mass is 10.0. The van der Waals surface area contributed by atoms with E-state index in [2.05, 4.69) is 165 Å². The molecule has 0 bridgehead atoms. The first kappa shape index (κ1) is 24.6. The van der Waals surface area contributed by atoms with Crippen LogP contribution in [0.4, 0.5) is 0 Å². The third-order valence-corrected chi connectivity index (χ3v) is 9.70. The van der Waals surface area contributed by atoms with Crippen LogP contribution in [0.3, 0.4) is 0 Å². The zero-order chi connectivity index (χ0) is 29.5. The van der Waals surface area contributed by atoms with Crippen molar-refractivity contribution < 1.29 is 0 Å². The van der Waals surface area contributed by atoms with E-state index >= 15 is 0 Å². The number of rotatable bonds is 3. The van der Waals surface area contributed by atoms with E-state index < -0.39 is 0 Å². The average molecular weight is 576 g/mol. The van der Waals surface area contributed by atoms with Crippen LogP contribution in [-0.2, 0) is 6.42 Å². The molecule has 9 aromatic rings. The average Bonchev–Trinajstić information content (AvgIpc) is 3.74. The Hall–Kier alpha value is -5.80.